The summed E-state index contributed by atoms with van der Waals surface area (Å²) < 4.78 is 0. The van der Waals surface area contributed by atoms with Crippen molar-refractivity contribution in [2.45, 2.75) is 37.6 Å². The van der Waals surface area contributed by atoms with E-state index in [1.807, 2.05) is 0 Å². The maximum absolute atomic E-state index is 12.1. The lowest BCUT2D eigenvalue weighted by Gasteiger charge is -2.33. The van der Waals surface area contributed by atoms with Crippen LogP contribution >= 0.6 is 35.6 Å². The number of amides is 1. The second-order valence-corrected chi connectivity index (χ2v) is 6.07. The summed E-state index contributed by atoms with van der Waals surface area (Å²) in [6.45, 7) is 0.481. The number of halogens is 3. The Balaban J connectivity index is 0.00000200. The van der Waals surface area contributed by atoms with Crippen LogP contribution in [0, 0.1) is 0 Å². The maximum atomic E-state index is 12.1. The van der Waals surface area contributed by atoms with Gasteiger partial charge in [0.2, 0.25) is 0 Å². The molecular weight excluding hydrogens is 319 g/mol. The Bertz CT molecular complexity index is 473. The Hall–Kier alpha value is -0.480. The first-order valence-electron chi connectivity index (χ1n) is 6.52. The van der Waals surface area contributed by atoms with Crippen molar-refractivity contribution in [2.75, 3.05) is 6.54 Å². The van der Waals surface area contributed by atoms with Gasteiger partial charge < -0.3 is 11.1 Å². The normalized spacial score (nSPS) is 17.1. The average Bonchev–Trinajstić information content (AvgIpc) is 2.40. The zero-order chi connectivity index (χ0) is 13.9. The van der Waals surface area contributed by atoms with E-state index in [0.717, 1.165) is 25.7 Å². The molecule has 1 aliphatic carbocycles. The van der Waals surface area contributed by atoms with Crippen LogP contribution in [0.3, 0.4) is 0 Å². The first-order valence-corrected chi connectivity index (χ1v) is 7.28. The lowest BCUT2D eigenvalue weighted by atomic mass is 9.82. The van der Waals surface area contributed by atoms with Crippen molar-refractivity contribution in [1.29, 1.82) is 0 Å². The number of rotatable bonds is 3. The SMILES string of the molecule is Cl.NC1(CNC(=O)c2cc(Cl)ccc2Cl)CCCCC1. The molecule has 1 aromatic rings. The highest BCUT2D eigenvalue weighted by atomic mass is 35.5. The van der Waals surface area contributed by atoms with Crippen molar-refractivity contribution in [3.63, 3.8) is 0 Å². The molecule has 3 N–H and O–H groups in total. The van der Waals surface area contributed by atoms with E-state index in [1.165, 1.54) is 6.42 Å². The summed E-state index contributed by atoms with van der Waals surface area (Å²) in [4.78, 5) is 12.1. The average molecular weight is 338 g/mol. The first-order chi connectivity index (χ1) is 9.00. The van der Waals surface area contributed by atoms with Gasteiger partial charge in [0.1, 0.15) is 0 Å². The molecule has 1 fully saturated rings. The molecule has 1 aliphatic rings. The molecule has 112 valence electrons. The van der Waals surface area contributed by atoms with Gasteiger partial charge in [-0.2, -0.15) is 0 Å². The fourth-order valence-electron chi connectivity index (χ4n) is 2.46. The number of nitrogens with two attached hydrogens (primary N) is 1. The number of hydrogen-bond donors (Lipinski definition) is 2. The van der Waals surface area contributed by atoms with Gasteiger partial charge in [-0.05, 0) is 31.0 Å². The highest BCUT2D eigenvalue weighted by molar-refractivity contribution is 6.35. The molecule has 2 rings (SSSR count). The number of carbonyl (C=O) groups excluding carboxylic acids is 1. The third-order valence-corrected chi connectivity index (χ3v) is 4.19. The second kappa shape index (κ2) is 7.51. The summed E-state index contributed by atoms with van der Waals surface area (Å²) in [6, 6.07) is 4.85. The molecule has 0 atom stereocenters. The van der Waals surface area contributed by atoms with E-state index in [-0.39, 0.29) is 23.9 Å². The zero-order valence-electron chi connectivity index (χ0n) is 11.1. The molecule has 6 heteroatoms. The molecule has 0 heterocycles. The predicted octanol–water partition coefficient (Wildman–Crippen LogP) is 3.81. The van der Waals surface area contributed by atoms with E-state index in [4.69, 9.17) is 28.9 Å². The minimum absolute atomic E-state index is 0. The van der Waals surface area contributed by atoms with Crippen LogP contribution in [0.25, 0.3) is 0 Å². The van der Waals surface area contributed by atoms with Crippen molar-refractivity contribution in [3.05, 3.63) is 33.8 Å². The van der Waals surface area contributed by atoms with Gasteiger partial charge in [-0.1, -0.05) is 42.5 Å². The molecule has 0 unspecified atom stereocenters. The van der Waals surface area contributed by atoms with Crippen molar-refractivity contribution >= 4 is 41.5 Å². The van der Waals surface area contributed by atoms with Gasteiger partial charge in [0.15, 0.2) is 0 Å². The predicted molar refractivity (Wildman–Crippen MR) is 86.0 cm³/mol. The summed E-state index contributed by atoms with van der Waals surface area (Å²) in [7, 11) is 0. The maximum Gasteiger partial charge on any atom is 0.252 e. The lowest BCUT2D eigenvalue weighted by molar-refractivity contribution is 0.0938. The standard InChI is InChI=1S/C14H18Cl2N2O.ClH/c15-10-4-5-12(16)11(8-10)13(19)18-9-14(17)6-2-1-3-7-14;/h4-5,8H,1-3,6-7,9,17H2,(H,18,19);1H. The van der Waals surface area contributed by atoms with Crippen LogP contribution in [0.4, 0.5) is 0 Å². The quantitative estimate of drug-likeness (QED) is 0.881. The highest BCUT2D eigenvalue weighted by Crippen LogP contribution is 2.25. The molecular formula is C14H19Cl3N2O. The van der Waals surface area contributed by atoms with Crippen molar-refractivity contribution in [3.8, 4) is 0 Å². The van der Waals surface area contributed by atoms with E-state index in [9.17, 15) is 4.79 Å². The van der Waals surface area contributed by atoms with Gasteiger partial charge in [-0.25, -0.2) is 0 Å². The van der Waals surface area contributed by atoms with Crippen LogP contribution in [-0.2, 0) is 0 Å². The van der Waals surface area contributed by atoms with Crippen LogP contribution < -0.4 is 11.1 Å². The molecule has 1 amide bonds. The molecule has 1 saturated carbocycles. The fraction of sp³-hybridized carbons (Fsp3) is 0.500. The van der Waals surface area contributed by atoms with Gasteiger partial charge in [0.05, 0.1) is 10.6 Å². The summed E-state index contributed by atoms with van der Waals surface area (Å²) in [5.41, 5.74) is 6.40. The van der Waals surface area contributed by atoms with Crippen LogP contribution in [0.2, 0.25) is 10.0 Å². The van der Waals surface area contributed by atoms with E-state index in [2.05, 4.69) is 5.32 Å². The largest absolute Gasteiger partial charge is 0.350 e. The Labute approximate surface area is 135 Å². The lowest BCUT2D eigenvalue weighted by Crippen LogP contribution is -2.51. The zero-order valence-corrected chi connectivity index (χ0v) is 13.5. The van der Waals surface area contributed by atoms with Crippen molar-refractivity contribution < 1.29 is 4.79 Å². The molecule has 1 aromatic carbocycles. The number of carbonyl (C=O) groups is 1. The van der Waals surface area contributed by atoms with Gasteiger partial charge in [-0.3, -0.25) is 4.79 Å². The minimum atomic E-state index is -0.279. The third-order valence-electron chi connectivity index (χ3n) is 3.62. The van der Waals surface area contributed by atoms with Gasteiger partial charge in [0, 0.05) is 17.1 Å². The number of nitrogens with one attached hydrogen (secondary N) is 1. The molecule has 0 saturated heterocycles. The second-order valence-electron chi connectivity index (χ2n) is 5.23. The summed E-state index contributed by atoms with van der Waals surface area (Å²) in [5.74, 6) is -0.220. The van der Waals surface area contributed by atoms with Crippen LogP contribution in [0.1, 0.15) is 42.5 Å². The Morgan fingerprint density at radius 3 is 2.55 bits per heavy atom. The minimum Gasteiger partial charge on any atom is -0.350 e. The Kier molecular flexibility index (Phi) is 6.59. The topological polar surface area (TPSA) is 55.1 Å². The van der Waals surface area contributed by atoms with Crippen molar-refractivity contribution in [2.24, 2.45) is 5.73 Å². The number of hydrogen-bond acceptors (Lipinski definition) is 2. The summed E-state index contributed by atoms with van der Waals surface area (Å²) in [5, 5.41) is 3.76. The smallest absolute Gasteiger partial charge is 0.252 e. The highest BCUT2D eigenvalue weighted by Gasteiger charge is 2.28. The summed E-state index contributed by atoms with van der Waals surface area (Å²) in [6.07, 6.45) is 5.40. The summed E-state index contributed by atoms with van der Waals surface area (Å²) >= 11 is 11.9. The van der Waals surface area contributed by atoms with E-state index < -0.39 is 0 Å². The molecule has 0 bridgehead atoms. The Morgan fingerprint density at radius 1 is 1.25 bits per heavy atom. The molecule has 0 radical (unpaired) electrons. The van der Waals surface area contributed by atoms with Crippen LogP contribution in [0.5, 0.6) is 0 Å². The third kappa shape index (κ3) is 4.52. The van der Waals surface area contributed by atoms with Crippen LogP contribution in [-0.4, -0.2) is 18.0 Å². The van der Waals surface area contributed by atoms with Crippen molar-refractivity contribution in [1.82, 2.24) is 5.32 Å². The van der Waals surface area contributed by atoms with E-state index in [1.54, 1.807) is 18.2 Å². The van der Waals surface area contributed by atoms with Gasteiger partial charge in [0.25, 0.3) is 5.91 Å². The molecule has 0 aromatic heterocycles. The molecule has 3 nitrogen and oxygen atoms in total. The van der Waals surface area contributed by atoms with Crippen LogP contribution in [0.15, 0.2) is 18.2 Å². The number of benzene rings is 1. The fourth-order valence-corrected chi connectivity index (χ4v) is 2.83. The monoisotopic (exact) mass is 336 g/mol. The molecule has 0 aliphatic heterocycles. The molecule has 0 spiro atoms. The van der Waals surface area contributed by atoms with Gasteiger partial charge in [-0.15, -0.1) is 12.4 Å². The first kappa shape index (κ1) is 17.6. The van der Waals surface area contributed by atoms with Gasteiger partial charge >= 0.3 is 0 Å². The Morgan fingerprint density at radius 2 is 1.90 bits per heavy atom. The van der Waals surface area contributed by atoms with E-state index >= 15 is 0 Å². The molecule has 20 heavy (non-hydrogen) atoms. The van der Waals surface area contributed by atoms with E-state index in [0.29, 0.717) is 22.2 Å².